The summed E-state index contributed by atoms with van der Waals surface area (Å²) in [6.45, 7) is 2.40. The summed E-state index contributed by atoms with van der Waals surface area (Å²) in [5.74, 6) is 0. The lowest BCUT2D eigenvalue weighted by molar-refractivity contribution is 0.344. The zero-order valence-electron chi connectivity index (χ0n) is 7.62. The summed E-state index contributed by atoms with van der Waals surface area (Å²) >= 11 is 5.67. The zero-order valence-corrected chi connectivity index (χ0v) is 8.38. The van der Waals surface area contributed by atoms with Gasteiger partial charge in [-0.15, -0.1) is 0 Å². The van der Waals surface area contributed by atoms with Crippen molar-refractivity contribution in [1.82, 2.24) is 0 Å². The molecular weight excluding hydrogens is 200 g/mol. The highest BCUT2D eigenvalue weighted by Gasteiger charge is 2.00. The third kappa shape index (κ3) is 2.75. The summed E-state index contributed by atoms with van der Waals surface area (Å²) in [6, 6.07) is 7.80. The summed E-state index contributed by atoms with van der Waals surface area (Å²) in [5.41, 5.74) is 0.912. The van der Waals surface area contributed by atoms with Crippen molar-refractivity contribution < 1.29 is 4.74 Å². The Bertz CT molecular complexity index is 382. The minimum atomic E-state index is 0.400. The second kappa shape index (κ2) is 5.25. The van der Waals surface area contributed by atoms with Crippen LogP contribution in [0.4, 0.5) is 5.69 Å². The third-order valence-corrected chi connectivity index (χ3v) is 1.67. The molecular formula is C10H8ClN2O. The summed E-state index contributed by atoms with van der Waals surface area (Å²) in [4.78, 5) is 3.95. The van der Waals surface area contributed by atoms with E-state index in [4.69, 9.17) is 21.6 Å². The molecule has 4 heteroatoms. The molecule has 14 heavy (non-hydrogen) atoms. The number of rotatable bonds is 3. The molecule has 0 heterocycles. The topological polar surface area (TPSA) is 45.4 Å². The van der Waals surface area contributed by atoms with E-state index in [1.165, 1.54) is 12.5 Å². The van der Waals surface area contributed by atoms with Gasteiger partial charge >= 0.3 is 0 Å². The fourth-order valence-corrected chi connectivity index (χ4v) is 0.986. The molecule has 0 unspecified atom stereocenters. The highest BCUT2D eigenvalue weighted by molar-refractivity contribution is 6.30. The molecule has 0 aliphatic heterocycles. The Hall–Kier alpha value is -1.53. The molecule has 0 N–H and O–H groups in total. The lowest BCUT2D eigenvalue weighted by Gasteiger charge is -1.97. The van der Waals surface area contributed by atoms with E-state index in [9.17, 15) is 0 Å². The monoisotopic (exact) mass is 207 g/mol. The third-order valence-electron chi connectivity index (χ3n) is 1.45. The number of benzene rings is 1. The SMILES string of the molecule is CCOC=Nc1c[c]c(Cl)cc1C#N. The van der Waals surface area contributed by atoms with Crippen molar-refractivity contribution in [3.63, 3.8) is 0 Å². The van der Waals surface area contributed by atoms with Gasteiger partial charge in [-0.05, 0) is 19.1 Å². The number of hydrogen-bond donors (Lipinski definition) is 0. The van der Waals surface area contributed by atoms with Gasteiger partial charge in [-0.1, -0.05) is 11.6 Å². The summed E-state index contributed by atoms with van der Waals surface area (Å²) in [5, 5.41) is 9.16. The summed E-state index contributed by atoms with van der Waals surface area (Å²) < 4.78 is 4.92. The lowest BCUT2D eigenvalue weighted by Crippen LogP contribution is -1.85. The highest BCUT2D eigenvalue weighted by atomic mass is 35.5. The molecule has 71 valence electrons. The molecule has 1 aromatic carbocycles. The van der Waals surface area contributed by atoms with Gasteiger partial charge < -0.3 is 4.74 Å². The van der Waals surface area contributed by atoms with Crippen LogP contribution in [0.2, 0.25) is 5.02 Å². The number of hydrogen-bond acceptors (Lipinski definition) is 3. The van der Waals surface area contributed by atoms with E-state index in [-0.39, 0.29) is 0 Å². The van der Waals surface area contributed by atoms with Gasteiger partial charge in [-0.2, -0.15) is 5.26 Å². The Kier molecular flexibility index (Phi) is 3.96. The first-order valence-electron chi connectivity index (χ1n) is 4.03. The van der Waals surface area contributed by atoms with E-state index in [2.05, 4.69) is 11.1 Å². The van der Waals surface area contributed by atoms with Gasteiger partial charge in [0.05, 0.1) is 17.9 Å². The van der Waals surface area contributed by atoms with Crippen LogP contribution in [0.1, 0.15) is 12.5 Å². The molecule has 0 saturated heterocycles. The van der Waals surface area contributed by atoms with Gasteiger partial charge in [-0.25, -0.2) is 4.99 Å². The molecule has 1 rings (SSSR count). The Morgan fingerprint density at radius 1 is 1.79 bits per heavy atom. The molecule has 0 spiro atoms. The Balaban J connectivity index is 2.92. The van der Waals surface area contributed by atoms with Crippen LogP contribution in [0, 0.1) is 17.4 Å². The van der Waals surface area contributed by atoms with Crippen LogP contribution in [0.15, 0.2) is 17.1 Å². The van der Waals surface area contributed by atoms with E-state index < -0.39 is 0 Å². The minimum Gasteiger partial charge on any atom is -0.483 e. The molecule has 1 radical (unpaired) electrons. The summed E-state index contributed by atoms with van der Waals surface area (Å²) in [6.07, 6.45) is 1.30. The van der Waals surface area contributed by atoms with Crippen LogP contribution >= 0.6 is 11.6 Å². The van der Waals surface area contributed by atoms with Gasteiger partial charge in [0.15, 0.2) is 6.40 Å². The zero-order chi connectivity index (χ0) is 10.4. The smallest absolute Gasteiger partial charge is 0.174 e. The van der Waals surface area contributed by atoms with E-state index in [1.54, 1.807) is 6.07 Å². The van der Waals surface area contributed by atoms with Gasteiger partial charge in [-0.3, -0.25) is 0 Å². The van der Waals surface area contributed by atoms with Crippen molar-refractivity contribution in [2.45, 2.75) is 6.92 Å². The molecule has 0 fully saturated rings. The van der Waals surface area contributed by atoms with E-state index in [0.29, 0.717) is 22.9 Å². The molecule has 0 amide bonds. The lowest BCUT2D eigenvalue weighted by atomic mass is 10.2. The fourth-order valence-electron chi connectivity index (χ4n) is 0.822. The first-order valence-corrected chi connectivity index (χ1v) is 4.41. The molecule has 1 aromatic rings. The quantitative estimate of drug-likeness (QED) is 0.565. The van der Waals surface area contributed by atoms with Crippen molar-refractivity contribution in [3.8, 4) is 6.07 Å². The van der Waals surface area contributed by atoms with Crippen molar-refractivity contribution in [2.75, 3.05) is 6.61 Å². The maximum Gasteiger partial charge on any atom is 0.174 e. The largest absolute Gasteiger partial charge is 0.483 e. The number of halogens is 1. The van der Waals surface area contributed by atoms with Crippen LogP contribution in [0.3, 0.4) is 0 Å². The molecule has 0 aromatic heterocycles. The molecule has 0 bridgehead atoms. The van der Waals surface area contributed by atoms with Crippen molar-refractivity contribution in [2.24, 2.45) is 4.99 Å². The standard InChI is InChI=1S/C10H8ClN2O/c1-2-14-7-13-10-4-3-9(11)5-8(10)6-12/h4-5,7H,2H2,1H3. The first-order chi connectivity index (χ1) is 6.77. The molecule has 0 saturated carbocycles. The van der Waals surface area contributed by atoms with Crippen molar-refractivity contribution in [3.05, 3.63) is 28.8 Å². The van der Waals surface area contributed by atoms with Crippen LogP contribution in [-0.4, -0.2) is 13.0 Å². The fraction of sp³-hybridized carbons (Fsp3) is 0.200. The predicted molar refractivity (Wildman–Crippen MR) is 54.8 cm³/mol. The molecule has 0 aliphatic rings. The Morgan fingerprint density at radius 2 is 2.57 bits per heavy atom. The number of nitrogens with zero attached hydrogens (tertiary/aromatic N) is 2. The van der Waals surface area contributed by atoms with E-state index in [1.807, 2.05) is 13.0 Å². The van der Waals surface area contributed by atoms with Crippen molar-refractivity contribution >= 4 is 23.7 Å². The maximum absolute atomic E-state index is 8.76. The average molecular weight is 208 g/mol. The van der Waals surface area contributed by atoms with Crippen LogP contribution in [0.25, 0.3) is 0 Å². The summed E-state index contributed by atoms with van der Waals surface area (Å²) in [7, 11) is 0. The van der Waals surface area contributed by atoms with E-state index >= 15 is 0 Å². The molecule has 3 nitrogen and oxygen atoms in total. The second-order valence-corrected chi connectivity index (χ2v) is 2.79. The number of aliphatic imine (C=N–C) groups is 1. The van der Waals surface area contributed by atoms with Gasteiger partial charge in [0.25, 0.3) is 0 Å². The highest BCUT2D eigenvalue weighted by Crippen LogP contribution is 2.21. The Labute approximate surface area is 87.6 Å². The first kappa shape index (κ1) is 10.6. The number of ether oxygens (including phenoxy) is 1. The van der Waals surface area contributed by atoms with Crippen LogP contribution < -0.4 is 0 Å². The Morgan fingerprint density at radius 3 is 3.21 bits per heavy atom. The van der Waals surface area contributed by atoms with Gasteiger partial charge in [0.1, 0.15) is 6.07 Å². The van der Waals surface area contributed by atoms with Crippen LogP contribution in [-0.2, 0) is 4.74 Å². The maximum atomic E-state index is 8.76. The van der Waals surface area contributed by atoms with Gasteiger partial charge in [0.2, 0.25) is 0 Å². The normalized spacial score (nSPS) is 10.1. The van der Waals surface area contributed by atoms with Gasteiger partial charge in [0, 0.05) is 11.1 Å². The van der Waals surface area contributed by atoms with E-state index in [0.717, 1.165) is 0 Å². The van der Waals surface area contributed by atoms with Crippen molar-refractivity contribution in [1.29, 1.82) is 5.26 Å². The molecule has 0 atom stereocenters. The predicted octanol–water partition coefficient (Wildman–Crippen LogP) is 2.71. The molecule has 0 aliphatic carbocycles. The minimum absolute atomic E-state index is 0.400. The average Bonchev–Trinajstić information content (AvgIpc) is 2.20. The second-order valence-electron chi connectivity index (χ2n) is 2.38. The number of nitriles is 1. The van der Waals surface area contributed by atoms with Crippen LogP contribution in [0.5, 0.6) is 0 Å².